The molecule has 0 heterocycles. The smallest absolute Gasteiger partial charge is 0.211 e. The number of halogens is 1. The number of benzene rings is 2. The summed E-state index contributed by atoms with van der Waals surface area (Å²) in [6.45, 7) is 3.31. The summed E-state index contributed by atoms with van der Waals surface area (Å²) < 4.78 is 5.76. The minimum Gasteiger partial charge on any atom is -0.487 e. The highest BCUT2D eigenvalue weighted by Crippen LogP contribution is 2.28. The molecule has 2 rings (SSSR count). The Balaban J connectivity index is 0.00000220. The monoisotopic (exact) mass is 306 g/mol. The fourth-order valence-electron chi connectivity index (χ4n) is 1.88. The highest BCUT2D eigenvalue weighted by molar-refractivity contribution is 5.85. The molecule has 1 amide bonds. The molecule has 0 aromatic heterocycles. The van der Waals surface area contributed by atoms with E-state index < -0.39 is 0 Å². The number of anilines is 2. The van der Waals surface area contributed by atoms with Crippen LogP contribution in [0.1, 0.15) is 12.5 Å². The largest absolute Gasteiger partial charge is 0.487 e. The summed E-state index contributed by atoms with van der Waals surface area (Å²) in [5, 5.41) is 5.86. The van der Waals surface area contributed by atoms with Gasteiger partial charge in [0, 0.05) is 12.2 Å². The van der Waals surface area contributed by atoms with Crippen LogP contribution in [0.3, 0.4) is 0 Å². The van der Waals surface area contributed by atoms with Crippen molar-refractivity contribution in [3.05, 3.63) is 54.1 Å². The summed E-state index contributed by atoms with van der Waals surface area (Å²) in [6, 6.07) is 15.5. The second-order valence-electron chi connectivity index (χ2n) is 4.28. The molecule has 0 spiro atoms. The molecule has 0 fully saturated rings. The van der Waals surface area contributed by atoms with E-state index in [1.54, 1.807) is 0 Å². The number of amides is 1. The maximum Gasteiger partial charge on any atom is 0.211 e. The Labute approximate surface area is 130 Å². The SMILES string of the molecule is CCNc1ccc(OCc2ccccc2)c(NC=O)c1.Cl. The standard InChI is InChI=1S/C16H18N2O2.ClH/c1-2-17-14-8-9-16(15(10-14)18-12-19)20-11-13-6-4-3-5-7-13;/h3-10,12,17H,2,11H2,1H3,(H,18,19);1H. The molecule has 0 bridgehead atoms. The Morgan fingerprint density at radius 3 is 2.57 bits per heavy atom. The Bertz CT molecular complexity index is 561. The molecule has 0 saturated heterocycles. The first-order valence-electron chi connectivity index (χ1n) is 6.58. The molecule has 0 radical (unpaired) electrons. The van der Waals surface area contributed by atoms with Crippen LogP contribution < -0.4 is 15.4 Å². The van der Waals surface area contributed by atoms with Crippen molar-refractivity contribution in [2.45, 2.75) is 13.5 Å². The van der Waals surface area contributed by atoms with Gasteiger partial charge in [-0.2, -0.15) is 0 Å². The summed E-state index contributed by atoms with van der Waals surface area (Å²) in [4.78, 5) is 10.7. The van der Waals surface area contributed by atoms with Crippen molar-refractivity contribution in [1.29, 1.82) is 0 Å². The lowest BCUT2D eigenvalue weighted by atomic mass is 10.2. The molecule has 112 valence electrons. The Hall–Kier alpha value is -2.20. The van der Waals surface area contributed by atoms with Crippen LogP contribution in [0.2, 0.25) is 0 Å². The summed E-state index contributed by atoms with van der Waals surface area (Å²) in [7, 11) is 0. The van der Waals surface area contributed by atoms with Gasteiger partial charge in [0.05, 0.1) is 5.69 Å². The summed E-state index contributed by atoms with van der Waals surface area (Å²) in [5.74, 6) is 0.655. The number of carbonyl (C=O) groups excluding carboxylic acids is 1. The van der Waals surface area contributed by atoms with Gasteiger partial charge >= 0.3 is 0 Å². The molecule has 2 aromatic carbocycles. The van der Waals surface area contributed by atoms with E-state index in [2.05, 4.69) is 10.6 Å². The van der Waals surface area contributed by atoms with Crippen molar-refractivity contribution in [2.75, 3.05) is 17.2 Å². The number of nitrogens with one attached hydrogen (secondary N) is 2. The van der Waals surface area contributed by atoms with Crippen LogP contribution in [0.4, 0.5) is 11.4 Å². The molecule has 2 aromatic rings. The maximum absolute atomic E-state index is 10.7. The number of carbonyl (C=O) groups is 1. The Kier molecular flexibility index (Phi) is 7.12. The van der Waals surface area contributed by atoms with E-state index in [-0.39, 0.29) is 12.4 Å². The van der Waals surface area contributed by atoms with Gasteiger partial charge in [-0.3, -0.25) is 4.79 Å². The second-order valence-corrected chi connectivity index (χ2v) is 4.28. The van der Waals surface area contributed by atoms with Crippen LogP contribution in [0.25, 0.3) is 0 Å². The molecule has 2 N–H and O–H groups in total. The first-order chi connectivity index (χ1) is 9.83. The van der Waals surface area contributed by atoms with Gasteiger partial charge in [-0.1, -0.05) is 30.3 Å². The van der Waals surface area contributed by atoms with Gasteiger partial charge in [-0.05, 0) is 30.7 Å². The van der Waals surface area contributed by atoms with Crippen LogP contribution in [0.15, 0.2) is 48.5 Å². The van der Waals surface area contributed by atoms with Crippen molar-refractivity contribution >= 4 is 30.2 Å². The van der Waals surface area contributed by atoms with Crippen molar-refractivity contribution in [3.63, 3.8) is 0 Å². The third kappa shape index (κ3) is 5.00. The van der Waals surface area contributed by atoms with Gasteiger partial charge < -0.3 is 15.4 Å². The quantitative estimate of drug-likeness (QED) is 0.767. The molecule has 0 aliphatic rings. The van der Waals surface area contributed by atoms with Gasteiger partial charge in [0.1, 0.15) is 12.4 Å². The lowest BCUT2D eigenvalue weighted by molar-refractivity contribution is -0.105. The molecule has 0 unspecified atom stereocenters. The molecular weight excluding hydrogens is 288 g/mol. The molecule has 4 nitrogen and oxygen atoms in total. The molecule has 0 aliphatic heterocycles. The molecular formula is C16H19ClN2O2. The Morgan fingerprint density at radius 2 is 1.90 bits per heavy atom. The van der Waals surface area contributed by atoms with Gasteiger partial charge in [-0.25, -0.2) is 0 Å². The fraction of sp³-hybridized carbons (Fsp3) is 0.188. The van der Waals surface area contributed by atoms with Crippen LogP contribution >= 0.6 is 12.4 Å². The van der Waals surface area contributed by atoms with E-state index in [0.717, 1.165) is 17.8 Å². The normalized spacial score (nSPS) is 9.38. The number of hydrogen-bond donors (Lipinski definition) is 2. The molecule has 5 heteroatoms. The van der Waals surface area contributed by atoms with Crippen molar-refractivity contribution in [1.82, 2.24) is 0 Å². The van der Waals surface area contributed by atoms with E-state index >= 15 is 0 Å². The highest BCUT2D eigenvalue weighted by atomic mass is 35.5. The zero-order valence-electron chi connectivity index (χ0n) is 11.8. The average molecular weight is 307 g/mol. The van der Waals surface area contributed by atoms with E-state index in [4.69, 9.17) is 4.74 Å². The predicted molar refractivity (Wildman–Crippen MR) is 88.3 cm³/mol. The van der Waals surface area contributed by atoms with Crippen molar-refractivity contribution in [2.24, 2.45) is 0 Å². The van der Waals surface area contributed by atoms with Gasteiger partial charge in [0.2, 0.25) is 6.41 Å². The van der Waals surface area contributed by atoms with Crippen molar-refractivity contribution < 1.29 is 9.53 Å². The third-order valence-corrected chi connectivity index (χ3v) is 2.81. The topological polar surface area (TPSA) is 50.4 Å². The van der Waals surface area contributed by atoms with Crippen LogP contribution in [0.5, 0.6) is 5.75 Å². The van der Waals surface area contributed by atoms with Gasteiger partial charge in [-0.15, -0.1) is 12.4 Å². The number of hydrogen-bond acceptors (Lipinski definition) is 3. The van der Waals surface area contributed by atoms with Gasteiger partial charge in [0.25, 0.3) is 0 Å². The zero-order chi connectivity index (χ0) is 14.2. The average Bonchev–Trinajstić information content (AvgIpc) is 2.48. The number of rotatable bonds is 7. The predicted octanol–water partition coefficient (Wildman–Crippen LogP) is 3.69. The minimum atomic E-state index is 0. The summed E-state index contributed by atoms with van der Waals surface area (Å²) >= 11 is 0. The van der Waals surface area contributed by atoms with Crippen LogP contribution in [-0.2, 0) is 11.4 Å². The fourth-order valence-corrected chi connectivity index (χ4v) is 1.88. The lowest BCUT2D eigenvalue weighted by Gasteiger charge is -2.13. The lowest BCUT2D eigenvalue weighted by Crippen LogP contribution is -2.03. The molecule has 21 heavy (non-hydrogen) atoms. The summed E-state index contributed by atoms with van der Waals surface area (Å²) in [6.07, 6.45) is 0.653. The number of ether oxygens (including phenoxy) is 1. The summed E-state index contributed by atoms with van der Waals surface area (Å²) in [5.41, 5.74) is 2.69. The molecule has 0 saturated carbocycles. The first kappa shape index (κ1) is 16.9. The van der Waals surface area contributed by atoms with Gasteiger partial charge in [0.15, 0.2) is 0 Å². The third-order valence-electron chi connectivity index (χ3n) is 2.81. The van der Waals surface area contributed by atoms with Crippen LogP contribution in [-0.4, -0.2) is 13.0 Å². The minimum absolute atomic E-state index is 0. The molecule has 0 atom stereocenters. The van der Waals surface area contributed by atoms with E-state index in [0.29, 0.717) is 24.5 Å². The van der Waals surface area contributed by atoms with E-state index in [9.17, 15) is 4.79 Å². The van der Waals surface area contributed by atoms with Crippen LogP contribution in [0, 0.1) is 0 Å². The van der Waals surface area contributed by atoms with E-state index in [1.807, 2.05) is 55.5 Å². The maximum atomic E-state index is 10.7. The van der Waals surface area contributed by atoms with Crippen molar-refractivity contribution in [3.8, 4) is 5.75 Å². The zero-order valence-corrected chi connectivity index (χ0v) is 12.7. The second kappa shape index (κ2) is 8.87. The first-order valence-corrected chi connectivity index (χ1v) is 6.58. The van der Waals surface area contributed by atoms with E-state index in [1.165, 1.54) is 0 Å². The molecule has 0 aliphatic carbocycles. The Morgan fingerprint density at radius 1 is 1.14 bits per heavy atom. The highest BCUT2D eigenvalue weighted by Gasteiger charge is 2.05.